The number of ether oxygens (including phenoxy) is 2. The van der Waals surface area contributed by atoms with Gasteiger partial charge in [-0.05, 0) is 89.8 Å². The minimum atomic E-state index is -2.04. The summed E-state index contributed by atoms with van der Waals surface area (Å²) >= 11 is 1.27. The van der Waals surface area contributed by atoms with Gasteiger partial charge in [-0.1, -0.05) is 169 Å². The van der Waals surface area contributed by atoms with Crippen LogP contribution in [0, 0.1) is 17.8 Å². The summed E-state index contributed by atoms with van der Waals surface area (Å²) in [7, 11) is 1.99. The van der Waals surface area contributed by atoms with Gasteiger partial charge in [0.15, 0.2) is 5.13 Å². The fourth-order valence-corrected chi connectivity index (χ4v) is 12.2. The molecule has 0 radical (unpaired) electrons. The first kappa shape index (κ1) is 49.7. The van der Waals surface area contributed by atoms with Crippen LogP contribution in [0.4, 0.5) is 15.6 Å². The third-order valence-electron chi connectivity index (χ3n) is 14.5. The summed E-state index contributed by atoms with van der Waals surface area (Å²) in [6.45, 7) is 2.74. The van der Waals surface area contributed by atoms with E-state index < -0.39 is 65.4 Å². The van der Waals surface area contributed by atoms with Crippen LogP contribution in [-0.4, -0.2) is 76.6 Å². The number of thiazole rings is 1. The molecule has 4 heterocycles. The molecule has 3 N–H and O–H groups in total. The fraction of sp³-hybridized carbons (Fsp3) is 0.210. The number of benzene rings is 7. The monoisotopic (exact) mass is 1030 g/mol. The lowest BCUT2D eigenvalue weighted by Crippen LogP contribution is -2.55. The summed E-state index contributed by atoms with van der Waals surface area (Å²) in [5, 5.41) is 16.2. The number of aliphatic hydroxyl groups excluding tert-OH is 1. The van der Waals surface area contributed by atoms with Gasteiger partial charge in [0.1, 0.15) is 29.9 Å². The van der Waals surface area contributed by atoms with Crippen molar-refractivity contribution in [2.24, 2.45) is 5.92 Å². The molecule has 14 heteroatoms. The largest absolute Gasteiger partial charge is 0.491 e. The van der Waals surface area contributed by atoms with E-state index in [0.29, 0.717) is 46.6 Å². The predicted molar refractivity (Wildman–Crippen MR) is 292 cm³/mol. The molecular weight excluding hydrogens is 973 g/mol. The van der Waals surface area contributed by atoms with Crippen molar-refractivity contribution in [1.29, 1.82) is 0 Å². The highest BCUT2D eigenvalue weighted by Crippen LogP contribution is 2.66. The number of fused-ring (bicyclic) bond motifs is 4. The number of esters is 1. The Morgan fingerprint density at radius 2 is 1.46 bits per heavy atom. The number of nitrogens with one attached hydrogen (secondary N) is 2. The van der Waals surface area contributed by atoms with Gasteiger partial charge in [-0.2, -0.15) is 0 Å². The molecule has 380 valence electrons. The summed E-state index contributed by atoms with van der Waals surface area (Å²) in [6, 6.07) is 54.0. The highest BCUT2D eigenvalue weighted by molar-refractivity contribution is 7.22. The third kappa shape index (κ3) is 9.28. The highest BCUT2D eigenvalue weighted by atomic mass is 32.1. The number of amides is 4. The third-order valence-corrected chi connectivity index (χ3v) is 15.5. The van der Waals surface area contributed by atoms with Gasteiger partial charge < -0.3 is 25.2 Å². The van der Waals surface area contributed by atoms with E-state index in [0.717, 1.165) is 26.3 Å². The number of para-hydroxylation sites is 1. The number of aromatic nitrogens is 1. The zero-order valence-electron chi connectivity index (χ0n) is 41.8. The van der Waals surface area contributed by atoms with E-state index in [9.17, 15) is 5.11 Å². The van der Waals surface area contributed by atoms with Crippen molar-refractivity contribution in [3.63, 3.8) is 0 Å². The molecule has 11 rings (SSSR count). The maximum Gasteiger partial charge on any atom is 0.329 e. The van der Waals surface area contributed by atoms with Gasteiger partial charge >= 0.3 is 12.0 Å². The molecule has 2 saturated heterocycles. The molecule has 2 fully saturated rings. The molecule has 7 aromatic carbocycles. The van der Waals surface area contributed by atoms with Crippen molar-refractivity contribution >= 4 is 56.2 Å². The maximum atomic E-state index is 16.9. The van der Waals surface area contributed by atoms with E-state index in [1.54, 1.807) is 24.3 Å². The SMILES string of the molecule is CC(NC(=O)N1C(=O)C2(c3cc(C#CCN(C)Cc4ccccc4)ccc31)C(C(=O)Nc1nc3ccccc3s1)C1C(=O)OC(c3ccccc3)C(c3ccccc3)N1C2c1ccc(OCCO)cc1)c1ccccc1. The Morgan fingerprint density at radius 1 is 0.803 bits per heavy atom. The Kier molecular flexibility index (Phi) is 14.0. The van der Waals surface area contributed by atoms with Crippen molar-refractivity contribution < 1.29 is 33.8 Å². The van der Waals surface area contributed by atoms with Crippen LogP contribution in [0.3, 0.4) is 0 Å². The van der Waals surface area contributed by atoms with Gasteiger partial charge in [0, 0.05) is 12.1 Å². The second-order valence-corrected chi connectivity index (χ2v) is 20.3. The average Bonchev–Trinajstić information content (AvgIpc) is 4.17. The lowest BCUT2D eigenvalue weighted by Gasteiger charge is -2.46. The second kappa shape index (κ2) is 21.4. The van der Waals surface area contributed by atoms with Crippen LogP contribution in [-0.2, 0) is 31.1 Å². The Labute approximate surface area is 444 Å². The van der Waals surface area contributed by atoms with E-state index >= 15 is 19.2 Å². The average molecular weight is 1030 g/mol. The van der Waals surface area contributed by atoms with Crippen LogP contribution in [0.15, 0.2) is 188 Å². The molecule has 8 aromatic rings. The molecule has 0 aliphatic carbocycles. The number of morpholine rings is 1. The Bertz CT molecular complexity index is 3450. The quantitative estimate of drug-likeness (QED) is 0.0752. The van der Waals surface area contributed by atoms with Crippen molar-refractivity contribution in [1.82, 2.24) is 20.1 Å². The van der Waals surface area contributed by atoms with Crippen molar-refractivity contribution in [3.8, 4) is 17.6 Å². The Balaban J connectivity index is 1.15. The summed E-state index contributed by atoms with van der Waals surface area (Å²) in [4.78, 5) is 74.0. The van der Waals surface area contributed by atoms with Crippen molar-refractivity contribution in [2.45, 2.75) is 49.2 Å². The molecular formula is C62H54N6O7S. The Hall–Kier alpha value is -8.45. The normalized spacial score (nSPS) is 21.1. The standard InChI is InChI=1S/C62H54N6O7S/c1-40(43-21-9-4-10-22-43)63-61(73)67-50-34-29-41(20-17-35-66(2)39-42-18-7-3-8-19-42)38-48(50)62(59(67)72)52(57(70)65-60-64-49-27-15-16-28-51(49)76-60)54-58(71)75-55(45-25-13-6-14-26-45)53(44-23-11-5-12-24-44)68(54)56(62)46-30-32-47(33-31-46)74-37-36-69/h3-16,18-19,21-34,38,40,52-56,69H,35-37,39H2,1-2H3,(H,63,73)(H,64,65,70). The number of urea groups is 1. The van der Waals surface area contributed by atoms with Gasteiger partial charge in [-0.3, -0.25) is 24.2 Å². The molecule has 7 atom stereocenters. The van der Waals surface area contributed by atoms with Crippen LogP contribution >= 0.6 is 11.3 Å². The number of nitrogens with zero attached hydrogens (tertiary/aromatic N) is 4. The zero-order valence-corrected chi connectivity index (χ0v) is 42.6. The summed E-state index contributed by atoms with van der Waals surface area (Å²) in [5.74, 6) is 3.48. The molecule has 7 unspecified atom stereocenters. The van der Waals surface area contributed by atoms with Crippen molar-refractivity contribution in [2.75, 3.05) is 37.0 Å². The van der Waals surface area contributed by atoms with E-state index in [-0.39, 0.29) is 24.0 Å². The number of aliphatic hydroxyl groups is 1. The summed E-state index contributed by atoms with van der Waals surface area (Å²) in [6.07, 6.45) is -0.919. The molecule has 1 aromatic heterocycles. The van der Waals surface area contributed by atoms with Gasteiger partial charge in [-0.25, -0.2) is 14.7 Å². The van der Waals surface area contributed by atoms with Crippen LogP contribution < -0.4 is 20.3 Å². The predicted octanol–water partition coefficient (Wildman–Crippen LogP) is 9.93. The highest BCUT2D eigenvalue weighted by Gasteiger charge is 2.75. The minimum Gasteiger partial charge on any atom is -0.491 e. The van der Waals surface area contributed by atoms with Crippen LogP contribution in [0.5, 0.6) is 5.75 Å². The van der Waals surface area contributed by atoms with E-state index in [1.807, 2.05) is 171 Å². The molecule has 76 heavy (non-hydrogen) atoms. The van der Waals surface area contributed by atoms with Gasteiger partial charge in [0.05, 0.1) is 53.1 Å². The number of anilines is 2. The van der Waals surface area contributed by atoms with Gasteiger partial charge in [-0.15, -0.1) is 0 Å². The first-order valence-electron chi connectivity index (χ1n) is 25.3. The fourth-order valence-electron chi connectivity index (χ4n) is 11.3. The number of rotatable bonds is 13. The maximum absolute atomic E-state index is 16.9. The van der Waals surface area contributed by atoms with Crippen LogP contribution in [0.1, 0.15) is 70.1 Å². The zero-order chi connectivity index (χ0) is 52.3. The first-order valence-corrected chi connectivity index (χ1v) is 26.1. The molecule has 4 amide bonds. The van der Waals surface area contributed by atoms with Crippen molar-refractivity contribution in [3.05, 3.63) is 227 Å². The minimum absolute atomic E-state index is 0.0405. The lowest BCUT2D eigenvalue weighted by molar-refractivity contribution is -0.177. The van der Waals surface area contributed by atoms with E-state index in [2.05, 4.69) is 39.5 Å². The number of hydrogen-bond acceptors (Lipinski definition) is 11. The molecule has 13 nitrogen and oxygen atoms in total. The molecule has 3 aliphatic rings. The number of carbonyl (C=O) groups is 4. The first-order chi connectivity index (χ1) is 37.1. The van der Waals surface area contributed by atoms with Crippen LogP contribution in [0.25, 0.3) is 10.2 Å². The lowest BCUT2D eigenvalue weighted by atomic mass is 9.65. The van der Waals surface area contributed by atoms with Crippen LogP contribution in [0.2, 0.25) is 0 Å². The molecule has 3 aliphatic heterocycles. The van der Waals surface area contributed by atoms with Gasteiger partial charge in [0.25, 0.3) is 0 Å². The number of cyclic esters (lactones) is 1. The summed E-state index contributed by atoms with van der Waals surface area (Å²) < 4.78 is 13.4. The number of imide groups is 1. The van der Waals surface area contributed by atoms with Gasteiger partial charge in [0.2, 0.25) is 11.8 Å². The second-order valence-electron chi connectivity index (χ2n) is 19.3. The Morgan fingerprint density at radius 3 is 2.16 bits per heavy atom. The van der Waals surface area contributed by atoms with E-state index in [4.69, 9.17) is 14.5 Å². The summed E-state index contributed by atoms with van der Waals surface area (Å²) in [5.41, 5.74) is 3.70. The smallest absolute Gasteiger partial charge is 0.329 e. The topological polar surface area (TPSA) is 154 Å². The number of hydrogen-bond donors (Lipinski definition) is 3. The molecule has 0 saturated carbocycles. The van der Waals surface area contributed by atoms with E-state index in [1.165, 1.54) is 11.3 Å². The molecule has 1 spiro atoms. The molecule has 0 bridgehead atoms. The number of carbonyl (C=O) groups excluding carboxylic acids is 4.